The van der Waals surface area contributed by atoms with Crippen molar-refractivity contribution in [1.29, 1.82) is 0 Å². The van der Waals surface area contributed by atoms with Gasteiger partial charge in [-0.2, -0.15) is 10.2 Å². The molecule has 2 aromatic rings. The molecule has 0 spiro atoms. The van der Waals surface area contributed by atoms with Crippen molar-refractivity contribution >= 4 is 17.6 Å². The van der Waals surface area contributed by atoms with Crippen molar-refractivity contribution in [2.45, 2.75) is 19.8 Å². The normalized spacial score (nSPS) is 10.4. The number of esters is 1. The molecule has 1 aromatic carbocycles. The Morgan fingerprint density at radius 1 is 1.38 bits per heavy atom. The topological polar surface area (TPSA) is 72.3 Å². The van der Waals surface area contributed by atoms with E-state index in [9.17, 15) is 9.90 Å². The van der Waals surface area contributed by atoms with Crippen molar-refractivity contribution in [3.8, 4) is 5.75 Å². The Labute approximate surface area is 127 Å². The lowest BCUT2D eigenvalue weighted by atomic mass is 10.1. The van der Waals surface area contributed by atoms with Crippen LogP contribution in [-0.4, -0.2) is 27.9 Å². The molecule has 0 atom stereocenters. The lowest BCUT2D eigenvalue weighted by Gasteiger charge is -2.09. The third-order valence-corrected chi connectivity index (χ3v) is 3.45. The molecular formula is C15H15ClN2O3. The van der Waals surface area contributed by atoms with E-state index in [1.165, 1.54) is 12.4 Å². The van der Waals surface area contributed by atoms with Gasteiger partial charge in [-0.05, 0) is 29.7 Å². The molecule has 21 heavy (non-hydrogen) atoms. The van der Waals surface area contributed by atoms with Gasteiger partial charge in [0.05, 0.1) is 29.6 Å². The summed E-state index contributed by atoms with van der Waals surface area (Å²) in [7, 11) is 0. The minimum Gasteiger partial charge on any atom is -0.506 e. The molecule has 0 bridgehead atoms. The van der Waals surface area contributed by atoms with E-state index in [0.29, 0.717) is 17.0 Å². The molecular weight excluding hydrogens is 292 g/mol. The minimum absolute atomic E-state index is 0.0516. The standard InChI is InChI=1S/C15H15ClN2O3/c1-2-11-7-10(8-13(19)14(11)16)4-6-21-15(20)12-3-5-17-18-9-12/h3,5,7-9,19H,2,4,6H2,1H3. The molecule has 110 valence electrons. The smallest absolute Gasteiger partial charge is 0.339 e. The lowest BCUT2D eigenvalue weighted by molar-refractivity contribution is 0.0508. The van der Waals surface area contributed by atoms with Crippen LogP contribution in [-0.2, 0) is 17.6 Å². The van der Waals surface area contributed by atoms with Crippen molar-refractivity contribution in [2.75, 3.05) is 6.61 Å². The highest BCUT2D eigenvalue weighted by atomic mass is 35.5. The van der Waals surface area contributed by atoms with Crippen LogP contribution in [0.15, 0.2) is 30.6 Å². The number of nitrogens with zero attached hydrogens (tertiary/aromatic N) is 2. The summed E-state index contributed by atoms with van der Waals surface area (Å²) in [5.74, 6) is -0.394. The van der Waals surface area contributed by atoms with E-state index in [0.717, 1.165) is 17.5 Å². The fourth-order valence-corrected chi connectivity index (χ4v) is 2.13. The molecule has 1 N–H and O–H groups in total. The number of rotatable bonds is 5. The summed E-state index contributed by atoms with van der Waals surface area (Å²) in [4.78, 5) is 11.7. The monoisotopic (exact) mass is 306 g/mol. The second-order valence-corrected chi connectivity index (χ2v) is 4.84. The number of ether oxygens (including phenoxy) is 1. The summed E-state index contributed by atoms with van der Waals surface area (Å²) < 4.78 is 5.15. The first kappa shape index (κ1) is 15.3. The SMILES string of the molecule is CCc1cc(CCOC(=O)c2ccnnc2)cc(O)c1Cl. The number of carbonyl (C=O) groups is 1. The quantitative estimate of drug-likeness (QED) is 0.860. The maximum atomic E-state index is 11.7. The van der Waals surface area contributed by atoms with E-state index in [-0.39, 0.29) is 12.4 Å². The van der Waals surface area contributed by atoms with Gasteiger partial charge in [0.25, 0.3) is 0 Å². The molecule has 1 heterocycles. The molecule has 6 heteroatoms. The Morgan fingerprint density at radius 2 is 2.19 bits per heavy atom. The third kappa shape index (κ3) is 3.92. The Morgan fingerprint density at radius 3 is 2.86 bits per heavy atom. The fraction of sp³-hybridized carbons (Fsp3) is 0.267. The zero-order chi connectivity index (χ0) is 15.2. The number of phenolic OH excluding ortho intramolecular Hbond substituents is 1. The van der Waals surface area contributed by atoms with Crippen molar-refractivity contribution in [2.24, 2.45) is 0 Å². The summed E-state index contributed by atoms with van der Waals surface area (Å²) in [6.45, 7) is 2.17. The number of carbonyl (C=O) groups excluding carboxylic acids is 1. The van der Waals surface area contributed by atoms with E-state index in [1.807, 2.05) is 13.0 Å². The second kappa shape index (κ2) is 7.04. The molecule has 0 saturated heterocycles. The van der Waals surface area contributed by atoms with Gasteiger partial charge in [-0.25, -0.2) is 4.79 Å². The van der Waals surface area contributed by atoms with E-state index in [1.54, 1.807) is 12.1 Å². The number of hydrogen-bond donors (Lipinski definition) is 1. The van der Waals surface area contributed by atoms with Crippen LogP contribution in [0, 0.1) is 0 Å². The van der Waals surface area contributed by atoms with E-state index >= 15 is 0 Å². The Balaban J connectivity index is 1.95. The van der Waals surface area contributed by atoms with Gasteiger partial charge in [0.15, 0.2) is 0 Å². The maximum absolute atomic E-state index is 11.7. The highest BCUT2D eigenvalue weighted by Gasteiger charge is 2.09. The summed E-state index contributed by atoms with van der Waals surface area (Å²) in [6.07, 6.45) is 4.01. The molecule has 0 radical (unpaired) electrons. The van der Waals surface area contributed by atoms with Crippen LogP contribution in [0.4, 0.5) is 0 Å². The van der Waals surface area contributed by atoms with Crippen molar-refractivity contribution < 1.29 is 14.6 Å². The molecule has 5 nitrogen and oxygen atoms in total. The summed E-state index contributed by atoms with van der Waals surface area (Å²) in [5.41, 5.74) is 2.10. The predicted octanol–water partition coefficient (Wildman–Crippen LogP) is 2.80. The molecule has 0 aliphatic rings. The Kier molecular flexibility index (Phi) is 5.11. The van der Waals surface area contributed by atoms with Gasteiger partial charge < -0.3 is 9.84 Å². The molecule has 1 aromatic heterocycles. The number of aryl methyl sites for hydroxylation is 1. The highest BCUT2D eigenvalue weighted by Crippen LogP contribution is 2.29. The average molecular weight is 307 g/mol. The van der Waals surface area contributed by atoms with Crippen LogP contribution in [0.1, 0.15) is 28.4 Å². The van der Waals surface area contributed by atoms with Crippen LogP contribution >= 0.6 is 11.6 Å². The largest absolute Gasteiger partial charge is 0.506 e. The lowest BCUT2D eigenvalue weighted by Crippen LogP contribution is -2.08. The number of hydrogen-bond acceptors (Lipinski definition) is 5. The Hall–Kier alpha value is -2.14. The average Bonchev–Trinajstić information content (AvgIpc) is 2.51. The van der Waals surface area contributed by atoms with E-state index < -0.39 is 5.97 Å². The van der Waals surface area contributed by atoms with Gasteiger partial charge in [-0.1, -0.05) is 24.6 Å². The van der Waals surface area contributed by atoms with Gasteiger partial charge in [-0.3, -0.25) is 0 Å². The van der Waals surface area contributed by atoms with Gasteiger partial charge >= 0.3 is 5.97 Å². The molecule has 0 aliphatic carbocycles. The number of halogens is 1. The molecule has 0 aliphatic heterocycles. The van der Waals surface area contributed by atoms with Gasteiger partial charge in [0, 0.05) is 6.42 Å². The number of phenols is 1. The van der Waals surface area contributed by atoms with Crippen molar-refractivity contribution in [3.05, 3.63) is 52.3 Å². The first-order valence-corrected chi connectivity index (χ1v) is 6.93. The first-order valence-electron chi connectivity index (χ1n) is 6.56. The predicted molar refractivity (Wildman–Crippen MR) is 78.5 cm³/mol. The molecule has 0 amide bonds. The highest BCUT2D eigenvalue weighted by molar-refractivity contribution is 6.32. The van der Waals surface area contributed by atoms with Crippen LogP contribution in [0.25, 0.3) is 0 Å². The third-order valence-electron chi connectivity index (χ3n) is 3.01. The molecule has 0 saturated carbocycles. The zero-order valence-corrected chi connectivity index (χ0v) is 12.3. The molecule has 0 unspecified atom stereocenters. The van der Waals surface area contributed by atoms with Crippen LogP contribution in [0.5, 0.6) is 5.75 Å². The van der Waals surface area contributed by atoms with E-state index in [4.69, 9.17) is 16.3 Å². The van der Waals surface area contributed by atoms with Crippen LogP contribution in [0.2, 0.25) is 5.02 Å². The van der Waals surface area contributed by atoms with Crippen molar-refractivity contribution in [3.63, 3.8) is 0 Å². The maximum Gasteiger partial charge on any atom is 0.339 e. The van der Waals surface area contributed by atoms with Gasteiger partial charge in [0.2, 0.25) is 0 Å². The zero-order valence-electron chi connectivity index (χ0n) is 11.5. The van der Waals surface area contributed by atoms with Gasteiger partial charge in [0.1, 0.15) is 5.75 Å². The summed E-state index contributed by atoms with van der Waals surface area (Å²) >= 11 is 5.98. The number of aromatic hydroxyl groups is 1. The van der Waals surface area contributed by atoms with Crippen molar-refractivity contribution in [1.82, 2.24) is 10.2 Å². The van der Waals surface area contributed by atoms with Crippen LogP contribution < -0.4 is 0 Å². The van der Waals surface area contributed by atoms with Crippen LogP contribution in [0.3, 0.4) is 0 Å². The first-order chi connectivity index (χ1) is 10.1. The second-order valence-electron chi connectivity index (χ2n) is 4.46. The summed E-state index contributed by atoms with van der Waals surface area (Å²) in [6, 6.07) is 5.03. The summed E-state index contributed by atoms with van der Waals surface area (Å²) in [5, 5.41) is 17.3. The van der Waals surface area contributed by atoms with Gasteiger partial charge in [-0.15, -0.1) is 0 Å². The number of benzene rings is 1. The Bertz CT molecular complexity index is 632. The van der Waals surface area contributed by atoms with E-state index in [2.05, 4.69) is 10.2 Å². The molecule has 2 rings (SSSR count). The fourth-order valence-electron chi connectivity index (χ4n) is 1.89. The number of aromatic nitrogens is 2. The molecule has 0 fully saturated rings. The minimum atomic E-state index is -0.446.